The number of carbonyl (C=O) groups is 1. The van der Waals surface area contributed by atoms with Crippen molar-refractivity contribution < 1.29 is 13.9 Å². The standard InChI is InChI=1S/C13H16ClFO2/c1-3-17-13(16)8-11(14)7-10-4-5-12(15)9(2)6-10/h4-6,11H,3,7-8H2,1-2H3. The lowest BCUT2D eigenvalue weighted by atomic mass is 10.1. The van der Waals surface area contributed by atoms with E-state index in [-0.39, 0.29) is 23.6 Å². The van der Waals surface area contributed by atoms with Gasteiger partial charge < -0.3 is 4.74 Å². The molecule has 1 rings (SSSR count). The highest BCUT2D eigenvalue weighted by Gasteiger charge is 2.13. The monoisotopic (exact) mass is 258 g/mol. The number of hydrogen-bond donors (Lipinski definition) is 0. The van der Waals surface area contributed by atoms with E-state index in [2.05, 4.69) is 0 Å². The second kappa shape index (κ2) is 6.60. The zero-order valence-corrected chi connectivity index (χ0v) is 10.8. The van der Waals surface area contributed by atoms with E-state index in [4.69, 9.17) is 16.3 Å². The fourth-order valence-electron chi connectivity index (χ4n) is 1.56. The van der Waals surface area contributed by atoms with Crippen molar-refractivity contribution in [3.63, 3.8) is 0 Å². The second-order valence-corrected chi connectivity index (χ2v) is 4.51. The molecule has 0 spiro atoms. The summed E-state index contributed by atoms with van der Waals surface area (Å²) in [5, 5.41) is -0.320. The molecular formula is C13H16ClFO2. The third-order valence-corrected chi connectivity index (χ3v) is 2.68. The number of halogens is 2. The van der Waals surface area contributed by atoms with Gasteiger partial charge in [-0.1, -0.05) is 12.1 Å². The molecule has 2 nitrogen and oxygen atoms in total. The molecule has 1 unspecified atom stereocenters. The van der Waals surface area contributed by atoms with E-state index in [1.165, 1.54) is 6.07 Å². The molecule has 1 aromatic carbocycles. The van der Waals surface area contributed by atoms with Crippen molar-refractivity contribution in [2.45, 2.75) is 32.1 Å². The van der Waals surface area contributed by atoms with Gasteiger partial charge >= 0.3 is 5.97 Å². The fourth-order valence-corrected chi connectivity index (χ4v) is 1.87. The van der Waals surface area contributed by atoms with E-state index in [0.29, 0.717) is 18.6 Å². The van der Waals surface area contributed by atoms with Gasteiger partial charge in [0.2, 0.25) is 0 Å². The lowest BCUT2D eigenvalue weighted by molar-refractivity contribution is -0.143. The molecular weight excluding hydrogens is 243 g/mol. The number of rotatable bonds is 5. The third-order valence-electron chi connectivity index (χ3n) is 2.37. The van der Waals surface area contributed by atoms with E-state index in [1.807, 2.05) is 0 Å². The predicted octanol–water partition coefficient (Wildman–Crippen LogP) is 3.24. The van der Waals surface area contributed by atoms with E-state index in [1.54, 1.807) is 26.0 Å². The van der Waals surface area contributed by atoms with Crippen LogP contribution in [0, 0.1) is 12.7 Å². The first kappa shape index (κ1) is 14.0. The molecule has 0 bridgehead atoms. The predicted molar refractivity (Wildman–Crippen MR) is 65.7 cm³/mol. The van der Waals surface area contributed by atoms with Gasteiger partial charge in [-0.2, -0.15) is 0 Å². The Morgan fingerprint density at radius 2 is 2.24 bits per heavy atom. The lowest BCUT2D eigenvalue weighted by Crippen LogP contribution is -2.13. The van der Waals surface area contributed by atoms with Gasteiger partial charge in [0.25, 0.3) is 0 Å². The van der Waals surface area contributed by atoms with Crippen molar-refractivity contribution in [1.29, 1.82) is 0 Å². The molecule has 17 heavy (non-hydrogen) atoms. The van der Waals surface area contributed by atoms with Crippen LogP contribution in [0.5, 0.6) is 0 Å². The Kier molecular flexibility index (Phi) is 5.42. The largest absolute Gasteiger partial charge is 0.466 e. The number of ether oxygens (including phenoxy) is 1. The van der Waals surface area contributed by atoms with Crippen LogP contribution in [0.15, 0.2) is 18.2 Å². The zero-order chi connectivity index (χ0) is 12.8. The highest BCUT2D eigenvalue weighted by atomic mass is 35.5. The SMILES string of the molecule is CCOC(=O)CC(Cl)Cc1ccc(F)c(C)c1. The smallest absolute Gasteiger partial charge is 0.307 e. The van der Waals surface area contributed by atoms with Crippen molar-refractivity contribution in [3.8, 4) is 0 Å². The van der Waals surface area contributed by atoms with E-state index in [0.717, 1.165) is 5.56 Å². The van der Waals surface area contributed by atoms with Gasteiger partial charge in [-0.25, -0.2) is 4.39 Å². The van der Waals surface area contributed by atoms with Crippen LogP contribution in [-0.2, 0) is 16.0 Å². The first-order valence-electron chi connectivity index (χ1n) is 5.57. The van der Waals surface area contributed by atoms with Crippen LogP contribution in [0.3, 0.4) is 0 Å². The van der Waals surface area contributed by atoms with Crippen molar-refractivity contribution in [2.75, 3.05) is 6.61 Å². The van der Waals surface area contributed by atoms with Gasteiger partial charge in [0, 0.05) is 5.38 Å². The van der Waals surface area contributed by atoms with Gasteiger partial charge in [0.05, 0.1) is 13.0 Å². The summed E-state index contributed by atoms with van der Waals surface area (Å²) < 4.78 is 17.8. The Balaban J connectivity index is 2.53. The Hall–Kier alpha value is -1.09. The van der Waals surface area contributed by atoms with Crippen molar-refractivity contribution in [3.05, 3.63) is 35.1 Å². The van der Waals surface area contributed by atoms with Crippen LogP contribution < -0.4 is 0 Å². The summed E-state index contributed by atoms with van der Waals surface area (Å²) in [6, 6.07) is 4.84. The molecule has 4 heteroatoms. The van der Waals surface area contributed by atoms with Crippen molar-refractivity contribution in [1.82, 2.24) is 0 Å². The molecule has 94 valence electrons. The van der Waals surface area contributed by atoms with Crippen LogP contribution in [0.2, 0.25) is 0 Å². The molecule has 0 aromatic heterocycles. The van der Waals surface area contributed by atoms with Crippen LogP contribution in [0.1, 0.15) is 24.5 Å². The van der Waals surface area contributed by atoms with Gasteiger partial charge in [-0.05, 0) is 37.5 Å². The average molecular weight is 259 g/mol. The minimum Gasteiger partial charge on any atom is -0.466 e. The molecule has 0 amide bonds. The summed E-state index contributed by atoms with van der Waals surface area (Å²) in [4.78, 5) is 11.2. The summed E-state index contributed by atoms with van der Waals surface area (Å²) in [7, 11) is 0. The minimum atomic E-state index is -0.320. The van der Waals surface area contributed by atoms with Crippen LogP contribution in [-0.4, -0.2) is 18.0 Å². The maximum atomic E-state index is 13.0. The van der Waals surface area contributed by atoms with Crippen LogP contribution >= 0.6 is 11.6 Å². The number of benzene rings is 1. The summed E-state index contributed by atoms with van der Waals surface area (Å²) in [6.45, 7) is 3.82. The van der Waals surface area contributed by atoms with Gasteiger partial charge in [-0.3, -0.25) is 4.79 Å². The first-order chi connectivity index (χ1) is 8.02. The number of aryl methyl sites for hydroxylation is 1. The number of alkyl halides is 1. The summed E-state index contributed by atoms with van der Waals surface area (Å²) in [5.41, 5.74) is 1.51. The molecule has 0 aliphatic rings. The highest BCUT2D eigenvalue weighted by molar-refractivity contribution is 6.21. The summed E-state index contributed by atoms with van der Waals surface area (Å²) in [6.07, 6.45) is 0.702. The van der Waals surface area contributed by atoms with Gasteiger partial charge in [-0.15, -0.1) is 11.6 Å². The molecule has 0 aliphatic heterocycles. The van der Waals surface area contributed by atoms with E-state index < -0.39 is 0 Å². The Bertz CT molecular complexity index is 393. The number of carbonyl (C=O) groups excluding carboxylic acids is 1. The topological polar surface area (TPSA) is 26.3 Å². The number of esters is 1. The van der Waals surface area contributed by atoms with Crippen LogP contribution in [0.4, 0.5) is 4.39 Å². The van der Waals surface area contributed by atoms with Gasteiger partial charge in [0.15, 0.2) is 0 Å². The Labute approximate surface area is 106 Å². The molecule has 1 atom stereocenters. The molecule has 0 saturated carbocycles. The van der Waals surface area contributed by atoms with Crippen molar-refractivity contribution >= 4 is 17.6 Å². The lowest BCUT2D eigenvalue weighted by Gasteiger charge is -2.09. The maximum absolute atomic E-state index is 13.0. The molecule has 0 fully saturated rings. The van der Waals surface area contributed by atoms with Gasteiger partial charge in [0.1, 0.15) is 5.82 Å². The molecule has 0 N–H and O–H groups in total. The number of hydrogen-bond acceptors (Lipinski definition) is 2. The quantitative estimate of drug-likeness (QED) is 0.599. The minimum absolute atomic E-state index is 0.172. The molecule has 0 heterocycles. The molecule has 0 saturated heterocycles. The Morgan fingerprint density at radius 1 is 1.53 bits per heavy atom. The fraction of sp³-hybridized carbons (Fsp3) is 0.462. The molecule has 1 aromatic rings. The second-order valence-electron chi connectivity index (χ2n) is 3.89. The summed E-state index contributed by atoms with van der Waals surface area (Å²) in [5.74, 6) is -0.531. The van der Waals surface area contributed by atoms with E-state index in [9.17, 15) is 9.18 Å². The molecule has 0 radical (unpaired) electrons. The average Bonchev–Trinajstić information content (AvgIpc) is 2.23. The zero-order valence-electron chi connectivity index (χ0n) is 10.0. The van der Waals surface area contributed by atoms with Crippen LogP contribution in [0.25, 0.3) is 0 Å². The third kappa shape index (κ3) is 4.73. The van der Waals surface area contributed by atoms with E-state index >= 15 is 0 Å². The maximum Gasteiger partial charge on any atom is 0.307 e. The normalized spacial score (nSPS) is 12.2. The first-order valence-corrected chi connectivity index (χ1v) is 6.01. The van der Waals surface area contributed by atoms with Crippen molar-refractivity contribution in [2.24, 2.45) is 0 Å². The molecule has 0 aliphatic carbocycles. The summed E-state index contributed by atoms with van der Waals surface area (Å²) >= 11 is 6.04. The highest BCUT2D eigenvalue weighted by Crippen LogP contribution is 2.15. The Morgan fingerprint density at radius 3 is 2.82 bits per heavy atom.